The van der Waals surface area contributed by atoms with Crippen LogP contribution < -0.4 is 0 Å². The van der Waals surface area contributed by atoms with Crippen molar-refractivity contribution < 1.29 is 8.97 Å². The molecule has 0 saturated carbocycles. The lowest BCUT2D eigenvalue weighted by molar-refractivity contribution is -0.870. The quantitative estimate of drug-likeness (QED) is 0.390. The number of terminal acetylenes is 1. The van der Waals surface area contributed by atoms with Gasteiger partial charge >= 0.3 is 0 Å². The second-order valence-corrected chi connectivity index (χ2v) is 6.36. The highest BCUT2D eigenvalue weighted by molar-refractivity contribution is 5.38. The average Bonchev–Trinajstić information content (AvgIpc) is 2.31. The van der Waals surface area contributed by atoms with Crippen LogP contribution in [0.5, 0.6) is 0 Å². The van der Waals surface area contributed by atoms with Gasteiger partial charge in [0.25, 0.3) is 0 Å². The monoisotopic (exact) mass is 270 g/mol. The van der Waals surface area contributed by atoms with Crippen LogP contribution in [-0.4, -0.2) is 57.3 Å². The van der Waals surface area contributed by atoms with Crippen molar-refractivity contribution >= 4 is 0 Å². The van der Waals surface area contributed by atoms with E-state index in [1.165, 1.54) is 25.8 Å². The molecule has 106 valence electrons. The smallest absolute Gasteiger partial charge is 0.151 e. The minimum absolute atomic E-state index is 0.668. The molecule has 0 heterocycles. The van der Waals surface area contributed by atoms with Crippen LogP contribution in [0.1, 0.15) is 19.3 Å². The summed E-state index contributed by atoms with van der Waals surface area (Å²) >= 11 is 0. The lowest BCUT2D eigenvalue weighted by Gasteiger charge is -2.24. The van der Waals surface area contributed by atoms with Gasteiger partial charge in [0.05, 0.1) is 54.2 Å². The van der Waals surface area contributed by atoms with E-state index in [-0.39, 0.29) is 0 Å². The Labute approximate surface area is 125 Å². The molecule has 0 spiro atoms. The van der Waals surface area contributed by atoms with Crippen molar-refractivity contribution in [1.29, 1.82) is 0 Å². The molecule has 0 radical (unpaired) electrons. The van der Waals surface area contributed by atoms with Gasteiger partial charge in [-0.3, -0.25) is 4.48 Å². The lowest BCUT2D eigenvalue weighted by atomic mass is 10.2. The third-order valence-corrected chi connectivity index (χ3v) is 2.73. The zero-order chi connectivity index (χ0) is 15.5. The van der Waals surface area contributed by atoms with E-state index in [4.69, 9.17) is 6.42 Å². The van der Waals surface area contributed by atoms with E-state index in [1.807, 2.05) is 0 Å². The number of unbranched alkanes of at least 4 members (excludes halogenated alkanes) is 2. The number of hydrogen-bond acceptors (Lipinski definition) is 0. The molecule has 0 aromatic carbocycles. The van der Waals surface area contributed by atoms with Crippen molar-refractivity contribution in [2.45, 2.75) is 19.3 Å². The highest BCUT2D eigenvalue weighted by Crippen LogP contribution is 2.04. The fourth-order valence-corrected chi connectivity index (χ4v) is 1.64. The summed E-state index contributed by atoms with van der Waals surface area (Å²) in [5.41, 5.74) is 0. The first-order valence-corrected chi connectivity index (χ1v) is 6.88. The largest absolute Gasteiger partial charge is 0.331 e. The first kappa shape index (κ1) is 18.2. The third-order valence-electron chi connectivity index (χ3n) is 2.73. The number of rotatable bonds is 6. The van der Waals surface area contributed by atoms with Crippen LogP contribution >= 0.6 is 0 Å². The predicted octanol–water partition coefficient (Wildman–Crippen LogP) is 1.54. The lowest BCUT2D eigenvalue weighted by Crippen LogP contribution is -2.36. The molecule has 0 rings (SSSR count). The Bertz CT molecular complexity index is 508. The second kappa shape index (κ2) is 9.13. The molecule has 0 atom stereocenters. The van der Waals surface area contributed by atoms with Crippen LogP contribution in [0.15, 0.2) is 0 Å². The molecule has 0 aromatic heterocycles. The fraction of sp³-hybridized carbons (Fsp3) is 0.556. The molecule has 0 bridgehead atoms. The molecule has 0 aliphatic carbocycles. The molecule has 0 fully saturated rings. The molecule has 20 heavy (non-hydrogen) atoms. The van der Waals surface area contributed by atoms with Crippen molar-refractivity contribution in [2.75, 3.05) is 48.3 Å². The van der Waals surface area contributed by atoms with Crippen LogP contribution in [-0.2, 0) is 0 Å². The number of hydrogen-bond donors (Lipinski definition) is 0. The SMILES string of the molecule is C#CC#CC#CC#C[N+](C)(C)CCCCC[N+](C)(C)C. The maximum atomic E-state index is 4.99. The first-order chi connectivity index (χ1) is 9.27. The number of nitrogens with zero attached hydrogens (tertiary/aromatic N) is 2. The van der Waals surface area contributed by atoms with Crippen LogP contribution in [0.4, 0.5) is 0 Å². The van der Waals surface area contributed by atoms with Gasteiger partial charge in [0.2, 0.25) is 0 Å². The Morgan fingerprint density at radius 1 is 0.700 bits per heavy atom. The normalized spacial score (nSPS) is 10.0. The molecular weight excluding hydrogens is 244 g/mol. The Kier molecular flexibility index (Phi) is 8.29. The van der Waals surface area contributed by atoms with Gasteiger partial charge in [0.15, 0.2) is 6.04 Å². The molecule has 0 N–H and O–H groups in total. The van der Waals surface area contributed by atoms with Gasteiger partial charge < -0.3 is 4.48 Å². The standard InChI is InChI=1S/C18H26N2/c1-7-8-9-10-11-14-17-20(5,6)18-15-12-13-16-19(2,3)4/h1H,12-13,15-16,18H2,2-6H3/q+2. The van der Waals surface area contributed by atoms with Crippen LogP contribution in [0.2, 0.25) is 0 Å². The van der Waals surface area contributed by atoms with Crippen molar-refractivity contribution in [2.24, 2.45) is 0 Å². The fourth-order valence-electron chi connectivity index (χ4n) is 1.64. The predicted molar refractivity (Wildman–Crippen MR) is 85.9 cm³/mol. The minimum atomic E-state index is 0.668. The van der Waals surface area contributed by atoms with Crippen molar-refractivity contribution in [3.63, 3.8) is 0 Å². The van der Waals surface area contributed by atoms with Crippen LogP contribution in [0.3, 0.4) is 0 Å². The Morgan fingerprint density at radius 3 is 1.85 bits per heavy atom. The second-order valence-electron chi connectivity index (χ2n) is 6.36. The zero-order valence-electron chi connectivity index (χ0n) is 13.5. The summed E-state index contributed by atoms with van der Waals surface area (Å²) in [5.74, 6) is 15.3. The van der Waals surface area contributed by atoms with E-state index in [9.17, 15) is 0 Å². The summed E-state index contributed by atoms with van der Waals surface area (Å²) in [6, 6.07) is 3.13. The highest BCUT2D eigenvalue weighted by Gasteiger charge is 2.12. The molecule has 0 aliphatic rings. The summed E-state index contributed by atoms with van der Waals surface area (Å²) in [6.45, 7) is 2.26. The average molecular weight is 270 g/mol. The van der Waals surface area contributed by atoms with Gasteiger partial charge in [0, 0.05) is 11.8 Å². The van der Waals surface area contributed by atoms with Crippen LogP contribution in [0, 0.1) is 48.0 Å². The van der Waals surface area contributed by atoms with Gasteiger partial charge in [0.1, 0.15) is 0 Å². The molecule has 0 aliphatic heterocycles. The summed E-state index contributed by atoms with van der Waals surface area (Å²) in [5, 5.41) is 0. The molecular formula is C18H26N2+2. The summed E-state index contributed by atoms with van der Waals surface area (Å²) in [6.07, 6.45) is 8.68. The molecule has 2 heteroatoms. The maximum Gasteiger partial charge on any atom is 0.151 e. The highest BCUT2D eigenvalue weighted by atomic mass is 15.3. The van der Waals surface area contributed by atoms with Crippen molar-refractivity contribution in [3.05, 3.63) is 0 Å². The van der Waals surface area contributed by atoms with E-state index in [0.717, 1.165) is 11.0 Å². The number of quaternary nitrogens is 2. The molecule has 0 aromatic rings. The van der Waals surface area contributed by atoms with Gasteiger partial charge in [-0.15, -0.1) is 6.42 Å². The molecule has 2 nitrogen and oxygen atoms in total. The maximum absolute atomic E-state index is 4.99. The summed E-state index contributed by atoms with van der Waals surface area (Å²) in [4.78, 5) is 0. The topological polar surface area (TPSA) is 0 Å². The van der Waals surface area contributed by atoms with E-state index in [0.29, 0.717) is 4.48 Å². The van der Waals surface area contributed by atoms with E-state index >= 15 is 0 Å². The van der Waals surface area contributed by atoms with E-state index < -0.39 is 0 Å². The van der Waals surface area contributed by atoms with Crippen LogP contribution in [0.25, 0.3) is 0 Å². The molecule has 0 unspecified atom stereocenters. The van der Waals surface area contributed by atoms with E-state index in [2.05, 4.69) is 76.8 Å². The van der Waals surface area contributed by atoms with Gasteiger partial charge in [-0.2, -0.15) is 0 Å². The van der Waals surface area contributed by atoms with Crippen molar-refractivity contribution in [1.82, 2.24) is 0 Å². The van der Waals surface area contributed by atoms with Crippen molar-refractivity contribution in [3.8, 4) is 48.0 Å². The van der Waals surface area contributed by atoms with E-state index in [1.54, 1.807) is 0 Å². The molecule has 0 amide bonds. The first-order valence-electron chi connectivity index (χ1n) is 6.88. The Balaban J connectivity index is 4.05. The Hall–Kier alpha value is -1.84. The third kappa shape index (κ3) is 12.6. The minimum Gasteiger partial charge on any atom is -0.331 e. The van der Waals surface area contributed by atoms with Gasteiger partial charge in [-0.1, -0.05) is 0 Å². The summed E-state index contributed by atoms with van der Waals surface area (Å²) in [7, 11) is 10.9. The zero-order valence-corrected chi connectivity index (χ0v) is 13.5. The van der Waals surface area contributed by atoms with Gasteiger partial charge in [-0.05, 0) is 37.0 Å². The van der Waals surface area contributed by atoms with Gasteiger partial charge in [-0.25, -0.2) is 0 Å². The summed E-state index contributed by atoms with van der Waals surface area (Å²) < 4.78 is 1.70. The Morgan fingerprint density at radius 2 is 1.25 bits per heavy atom. The molecule has 0 saturated heterocycles.